The Bertz CT molecular complexity index is 1020. The average molecular weight is 417 g/mol. The van der Waals surface area contributed by atoms with Crippen LogP contribution in [-0.4, -0.2) is 42.2 Å². The maximum Gasteiger partial charge on any atom is 0.170 e. The smallest absolute Gasteiger partial charge is 0.170 e. The third kappa shape index (κ3) is 4.71. The number of nitrogens with zero attached hydrogens (tertiary/aromatic N) is 2. The van der Waals surface area contributed by atoms with Gasteiger partial charge in [-0.1, -0.05) is 13.8 Å². The van der Waals surface area contributed by atoms with Crippen LogP contribution in [0.2, 0.25) is 0 Å². The normalized spacial score (nSPS) is 16.9. The predicted molar refractivity (Wildman–Crippen MR) is 109 cm³/mol. The van der Waals surface area contributed by atoms with Gasteiger partial charge in [-0.2, -0.15) is 5.10 Å². The molecule has 0 amide bonds. The lowest BCUT2D eigenvalue weighted by Gasteiger charge is -2.24. The van der Waals surface area contributed by atoms with E-state index in [-0.39, 0.29) is 11.9 Å². The maximum atomic E-state index is 14.2. The average Bonchev–Trinajstić information content (AvgIpc) is 3.10. The lowest BCUT2D eigenvalue weighted by atomic mass is 10.2. The van der Waals surface area contributed by atoms with Crippen molar-refractivity contribution in [2.24, 2.45) is 5.92 Å². The third-order valence-corrected chi connectivity index (χ3v) is 4.79. The summed E-state index contributed by atoms with van der Waals surface area (Å²) >= 11 is 0. The zero-order valence-corrected chi connectivity index (χ0v) is 17.0. The van der Waals surface area contributed by atoms with Gasteiger partial charge in [-0.05, 0) is 24.1 Å². The van der Waals surface area contributed by atoms with Gasteiger partial charge in [0.15, 0.2) is 23.1 Å². The maximum absolute atomic E-state index is 14.2. The Morgan fingerprint density at radius 2 is 2.07 bits per heavy atom. The number of benzene rings is 2. The molecule has 1 aromatic heterocycles. The van der Waals surface area contributed by atoms with Gasteiger partial charge in [0.2, 0.25) is 0 Å². The van der Waals surface area contributed by atoms with E-state index in [1.165, 1.54) is 6.07 Å². The molecule has 1 saturated heterocycles. The van der Waals surface area contributed by atoms with Crippen LogP contribution in [0.1, 0.15) is 13.8 Å². The molecule has 0 radical (unpaired) electrons. The van der Waals surface area contributed by atoms with Crippen LogP contribution in [0.25, 0.3) is 10.9 Å². The van der Waals surface area contributed by atoms with Gasteiger partial charge < -0.3 is 19.5 Å². The monoisotopic (exact) mass is 417 g/mol. The lowest BCUT2D eigenvalue weighted by molar-refractivity contribution is -0.000166. The Labute approximate surface area is 173 Å². The van der Waals surface area contributed by atoms with E-state index in [0.717, 1.165) is 36.1 Å². The summed E-state index contributed by atoms with van der Waals surface area (Å²) in [6, 6.07) is 6.81. The van der Waals surface area contributed by atoms with Crippen LogP contribution in [0.15, 0.2) is 36.5 Å². The summed E-state index contributed by atoms with van der Waals surface area (Å²) in [5.41, 5.74) is 0.897. The van der Waals surface area contributed by atoms with E-state index >= 15 is 0 Å². The van der Waals surface area contributed by atoms with Gasteiger partial charge in [0.1, 0.15) is 18.5 Å². The van der Waals surface area contributed by atoms with Gasteiger partial charge in [-0.3, -0.25) is 4.68 Å². The van der Waals surface area contributed by atoms with Crippen molar-refractivity contribution in [3.8, 4) is 17.2 Å². The second-order valence-corrected chi connectivity index (χ2v) is 7.76. The first-order chi connectivity index (χ1) is 14.5. The molecule has 2 heterocycles. The number of nitrogens with one attached hydrogen (secondary N) is 1. The lowest BCUT2D eigenvalue weighted by Crippen LogP contribution is -2.41. The molecule has 0 bridgehead atoms. The SMILES string of the molecule is CC(C)Cn1ncc2cc(Oc3ccc(F)cc3F)c(OCC3CNCCO3)cc21. The molecule has 4 rings (SSSR count). The summed E-state index contributed by atoms with van der Waals surface area (Å²) in [6.07, 6.45) is 1.65. The zero-order chi connectivity index (χ0) is 21.1. The summed E-state index contributed by atoms with van der Waals surface area (Å²) in [5.74, 6) is -0.319. The number of hydrogen-bond acceptors (Lipinski definition) is 5. The molecule has 30 heavy (non-hydrogen) atoms. The van der Waals surface area contributed by atoms with Crippen molar-refractivity contribution in [2.75, 3.05) is 26.3 Å². The van der Waals surface area contributed by atoms with Crippen molar-refractivity contribution in [1.82, 2.24) is 15.1 Å². The summed E-state index contributed by atoms with van der Waals surface area (Å²) in [4.78, 5) is 0. The van der Waals surface area contributed by atoms with E-state index in [4.69, 9.17) is 14.2 Å². The Hall–Kier alpha value is -2.71. The zero-order valence-electron chi connectivity index (χ0n) is 17.0. The Kier molecular flexibility index (Phi) is 6.15. The number of fused-ring (bicyclic) bond motifs is 1. The largest absolute Gasteiger partial charge is 0.487 e. The van der Waals surface area contributed by atoms with Crippen molar-refractivity contribution >= 4 is 10.9 Å². The van der Waals surface area contributed by atoms with Crippen LogP contribution in [0.3, 0.4) is 0 Å². The van der Waals surface area contributed by atoms with Crippen molar-refractivity contribution in [1.29, 1.82) is 0 Å². The molecule has 8 heteroatoms. The molecule has 2 aromatic carbocycles. The van der Waals surface area contributed by atoms with Gasteiger partial charge in [-0.25, -0.2) is 8.78 Å². The molecule has 3 aromatic rings. The van der Waals surface area contributed by atoms with Gasteiger partial charge in [0.25, 0.3) is 0 Å². The quantitative estimate of drug-likeness (QED) is 0.627. The second kappa shape index (κ2) is 8.97. The first-order valence-electron chi connectivity index (χ1n) is 10.1. The highest BCUT2D eigenvalue weighted by molar-refractivity contribution is 5.83. The van der Waals surface area contributed by atoms with Crippen LogP contribution < -0.4 is 14.8 Å². The molecule has 1 aliphatic rings. The van der Waals surface area contributed by atoms with E-state index in [1.807, 2.05) is 10.7 Å². The fourth-order valence-corrected chi connectivity index (χ4v) is 3.36. The molecular formula is C22H25F2N3O3. The fraction of sp³-hybridized carbons (Fsp3) is 0.409. The highest BCUT2D eigenvalue weighted by Crippen LogP contribution is 2.37. The van der Waals surface area contributed by atoms with Crippen LogP contribution in [-0.2, 0) is 11.3 Å². The topological polar surface area (TPSA) is 57.5 Å². The van der Waals surface area contributed by atoms with E-state index in [2.05, 4.69) is 24.3 Å². The van der Waals surface area contributed by atoms with Crippen molar-refractivity contribution in [3.05, 3.63) is 48.2 Å². The molecule has 6 nitrogen and oxygen atoms in total. The van der Waals surface area contributed by atoms with Gasteiger partial charge in [0, 0.05) is 37.2 Å². The molecule has 1 unspecified atom stereocenters. The minimum Gasteiger partial charge on any atom is -0.487 e. The standard InChI is InChI=1S/C22H25F2N3O3/c1-14(2)12-27-19-9-21(29-13-17-11-25-5-6-28-17)22(7-15(19)10-26-27)30-20-4-3-16(23)8-18(20)24/h3-4,7-10,14,17,25H,5-6,11-13H2,1-2H3. The second-order valence-electron chi connectivity index (χ2n) is 7.76. The summed E-state index contributed by atoms with van der Waals surface area (Å²) < 4.78 is 46.8. The highest BCUT2D eigenvalue weighted by Gasteiger charge is 2.18. The van der Waals surface area contributed by atoms with Gasteiger partial charge in [0.05, 0.1) is 18.3 Å². The van der Waals surface area contributed by atoms with E-state index in [0.29, 0.717) is 37.2 Å². The summed E-state index contributed by atoms with van der Waals surface area (Å²) in [5, 5.41) is 8.55. The molecule has 0 spiro atoms. The molecule has 0 saturated carbocycles. The highest BCUT2D eigenvalue weighted by atomic mass is 19.1. The van der Waals surface area contributed by atoms with Crippen LogP contribution in [0.5, 0.6) is 17.2 Å². The van der Waals surface area contributed by atoms with E-state index in [1.54, 1.807) is 12.3 Å². The van der Waals surface area contributed by atoms with Crippen LogP contribution >= 0.6 is 0 Å². The molecule has 1 aliphatic heterocycles. The van der Waals surface area contributed by atoms with Crippen molar-refractivity contribution in [3.63, 3.8) is 0 Å². The Balaban J connectivity index is 1.66. The minimum absolute atomic E-state index is 0.0780. The summed E-state index contributed by atoms with van der Waals surface area (Å²) in [7, 11) is 0. The number of halogens is 2. The predicted octanol–water partition coefficient (Wildman–Crippen LogP) is 4.13. The number of rotatable bonds is 7. The fourth-order valence-electron chi connectivity index (χ4n) is 3.36. The number of hydrogen-bond donors (Lipinski definition) is 1. The first kappa shape index (κ1) is 20.6. The Morgan fingerprint density at radius 3 is 2.80 bits per heavy atom. The van der Waals surface area contributed by atoms with Gasteiger partial charge >= 0.3 is 0 Å². The molecular weight excluding hydrogens is 392 g/mol. The van der Waals surface area contributed by atoms with E-state index < -0.39 is 11.6 Å². The molecule has 1 atom stereocenters. The minimum atomic E-state index is -0.781. The number of morpholine rings is 1. The molecule has 0 aliphatic carbocycles. The molecule has 1 N–H and O–H groups in total. The Morgan fingerprint density at radius 1 is 1.20 bits per heavy atom. The molecule has 160 valence electrons. The third-order valence-electron chi connectivity index (χ3n) is 4.79. The first-order valence-corrected chi connectivity index (χ1v) is 10.1. The van der Waals surface area contributed by atoms with Crippen molar-refractivity contribution in [2.45, 2.75) is 26.5 Å². The number of ether oxygens (including phenoxy) is 3. The van der Waals surface area contributed by atoms with Gasteiger partial charge in [-0.15, -0.1) is 0 Å². The summed E-state index contributed by atoms with van der Waals surface area (Å²) in [6.45, 7) is 7.44. The van der Waals surface area contributed by atoms with Crippen molar-refractivity contribution < 1.29 is 23.0 Å². The molecule has 1 fully saturated rings. The number of aromatic nitrogens is 2. The van der Waals surface area contributed by atoms with Crippen LogP contribution in [0, 0.1) is 17.6 Å². The van der Waals surface area contributed by atoms with E-state index in [9.17, 15) is 8.78 Å². The van der Waals surface area contributed by atoms with Crippen LogP contribution in [0.4, 0.5) is 8.78 Å².